The maximum atomic E-state index is 13.1. The lowest BCUT2D eigenvalue weighted by Crippen LogP contribution is -2.44. The molecule has 2 heterocycles. The van der Waals surface area contributed by atoms with Gasteiger partial charge in [-0.2, -0.15) is 5.10 Å². The molecule has 232 valence electrons. The summed E-state index contributed by atoms with van der Waals surface area (Å²) in [6.45, 7) is 3.23. The Morgan fingerprint density at radius 2 is 1.36 bits per heavy atom. The van der Waals surface area contributed by atoms with E-state index in [2.05, 4.69) is 42.0 Å². The molecule has 1 aliphatic rings. The van der Waals surface area contributed by atoms with E-state index in [1.807, 2.05) is 60.7 Å². The molecule has 3 aromatic rings. The van der Waals surface area contributed by atoms with E-state index in [1.54, 1.807) is 0 Å². The van der Waals surface area contributed by atoms with Crippen LogP contribution < -0.4 is 26.7 Å². The molecule has 12 nitrogen and oxygen atoms in total. The quantitative estimate of drug-likeness (QED) is 0.159. The van der Waals surface area contributed by atoms with Crippen molar-refractivity contribution in [1.82, 2.24) is 31.6 Å². The van der Waals surface area contributed by atoms with E-state index >= 15 is 0 Å². The van der Waals surface area contributed by atoms with Crippen molar-refractivity contribution in [2.24, 2.45) is 5.10 Å². The third-order valence-corrected chi connectivity index (χ3v) is 8.63. The molecule has 5 N–H and O–H groups in total. The van der Waals surface area contributed by atoms with Gasteiger partial charge in [0.05, 0.1) is 16.9 Å². The first-order chi connectivity index (χ1) is 21.3. The van der Waals surface area contributed by atoms with Gasteiger partial charge in [0.25, 0.3) is 0 Å². The van der Waals surface area contributed by atoms with Crippen LogP contribution in [-0.2, 0) is 25.6 Å². The number of hydrogen-bond acceptors (Lipinski definition) is 10. The molecule has 0 aliphatic carbocycles. The summed E-state index contributed by atoms with van der Waals surface area (Å²) in [5.41, 5.74) is 4.21. The number of aromatic nitrogens is 2. The van der Waals surface area contributed by atoms with Crippen LogP contribution in [0.15, 0.2) is 65.8 Å². The molecule has 14 heteroatoms. The van der Waals surface area contributed by atoms with E-state index in [0.29, 0.717) is 11.6 Å². The molecule has 2 aromatic carbocycles. The smallest absolute Gasteiger partial charge is 0.235 e. The predicted octanol–water partition coefficient (Wildman–Crippen LogP) is 3.08. The van der Waals surface area contributed by atoms with Crippen LogP contribution in [-0.4, -0.2) is 57.5 Å². The largest absolute Gasteiger partial charge is 0.355 e. The fraction of sp³-hybridized carbons (Fsp3) is 0.367. The number of rotatable bonds is 15. The van der Waals surface area contributed by atoms with Crippen molar-refractivity contribution < 1.29 is 19.2 Å². The highest BCUT2D eigenvalue weighted by Gasteiger charge is 2.27. The number of anilines is 1. The zero-order valence-corrected chi connectivity index (χ0v) is 26.2. The van der Waals surface area contributed by atoms with Gasteiger partial charge in [-0.1, -0.05) is 83.8 Å². The monoisotopic (exact) mass is 636 g/mol. The summed E-state index contributed by atoms with van der Waals surface area (Å²) in [4.78, 5) is 49.0. The number of amides is 4. The van der Waals surface area contributed by atoms with Crippen LogP contribution in [0.25, 0.3) is 0 Å². The van der Waals surface area contributed by atoms with Gasteiger partial charge in [0.15, 0.2) is 5.50 Å². The number of nitrogens with zero attached hydrogens (tertiary/aromatic N) is 3. The van der Waals surface area contributed by atoms with E-state index in [9.17, 15) is 19.2 Å². The van der Waals surface area contributed by atoms with Crippen molar-refractivity contribution in [1.29, 1.82) is 0 Å². The Kier molecular flexibility index (Phi) is 12.2. The molecule has 4 amide bonds. The van der Waals surface area contributed by atoms with Gasteiger partial charge < -0.3 is 16.0 Å². The molecule has 3 atom stereocenters. The number of aryl methyl sites for hydroxylation is 1. The lowest BCUT2D eigenvalue weighted by molar-refractivity contribution is -0.123. The van der Waals surface area contributed by atoms with Crippen molar-refractivity contribution in [3.05, 3.63) is 76.8 Å². The highest BCUT2D eigenvalue weighted by atomic mass is 32.2. The van der Waals surface area contributed by atoms with E-state index in [0.717, 1.165) is 40.4 Å². The molecule has 1 aromatic heterocycles. The third-order valence-electron chi connectivity index (χ3n) is 6.71. The van der Waals surface area contributed by atoms with Crippen LogP contribution in [0.3, 0.4) is 0 Å². The second-order valence-corrected chi connectivity index (χ2v) is 12.4. The van der Waals surface area contributed by atoms with Crippen LogP contribution in [0.5, 0.6) is 0 Å². The maximum Gasteiger partial charge on any atom is 0.235 e. The summed E-state index contributed by atoms with van der Waals surface area (Å²) in [7, 11) is 0. The lowest BCUT2D eigenvalue weighted by atomic mass is 9.98. The summed E-state index contributed by atoms with van der Waals surface area (Å²) in [6.07, 6.45) is 3.15. The number of carbonyl (C=O) groups excluding carboxylic acids is 4. The number of carbonyl (C=O) groups is 4. The molecular formula is C30H36N8O4S2. The molecule has 0 spiro atoms. The van der Waals surface area contributed by atoms with Gasteiger partial charge in [-0.3, -0.25) is 29.9 Å². The molecule has 0 saturated heterocycles. The Bertz CT molecular complexity index is 1450. The summed E-state index contributed by atoms with van der Waals surface area (Å²) in [5, 5.41) is 26.1. The van der Waals surface area contributed by atoms with Gasteiger partial charge >= 0.3 is 0 Å². The number of benzene rings is 2. The topological polar surface area (TPSA) is 167 Å². The second kappa shape index (κ2) is 16.5. The SMILES string of the molecule is CC(=O)NCC(C(=O)Nc1nnc(CCCCC2=NNC(NC(=O)C(CNC(C)=O)c3ccccc3)S2)s1)c1ccccc1. The standard InChI is InChI=1S/C30H36N8O4S2/c1-19(39)31-17-23(21-11-5-3-6-12-21)27(41)33-29-37-35-25(43-29)15-9-10-16-26-36-38-30(44-26)34-28(42)24(18-32-20(2)40)22-13-7-4-8-14-22/h3-8,11-14,23-24,29,37H,9-10,15-18H2,1-2H3,(H,31,39)(H,32,40)(H,33,41)(H,34,38,42). The normalized spacial score (nSPS) is 15.3. The van der Waals surface area contributed by atoms with Crippen molar-refractivity contribution in [3.63, 3.8) is 0 Å². The number of nitrogens with one attached hydrogen (secondary N) is 5. The molecule has 0 radical (unpaired) electrons. The molecule has 0 saturated carbocycles. The predicted molar refractivity (Wildman–Crippen MR) is 172 cm³/mol. The van der Waals surface area contributed by atoms with Crippen molar-refractivity contribution in [3.8, 4) is 0 Å². The lowest BCUT2D eigenvalue weighted by Gasteiger charge is -2.20. The van der Waals surface area contributed by atoms with Crippen LogP contribution >= 0.6 is 23.1 Å². The van der Waals surface area contributed by atoms with Crippen LogP contribution in [0.4, 0.5) is 5.13 Å². The van der Waals surface area contributed by atoms with E-state index in [4.69, 9.17) is 0 Å². The maximum absolute atomic E-state index is 13.1. The first-order valence-corrected chi connectivity index (χ1v) is 16.0. The Labute approximate surface area is 264 Å². The van der Waals surface area contributed by atoms with E-state index in [-0.39, 0.29) is 42.2 Å². The highest BCUT2D eigenvalue weighted by Crippen LogP contribution is 2.24. The number of hydrazone groups is 1. The van der Waals surface area contributed by atoms with Crippen molar-refractivity contribution in [2.45, 2.75) is 56.9 Å². The van der Waals surface area contributed by atoms with Gasteiger partial charge in [0, 0.05) is 33.4 Å². The van der Waals surface area contributed by atoms with Gasteiger partial charge in [-0.05, 0) is 30.4 Å². The average Bonchev–Trinajstić information content (AvgIpc) is 3.65. The van der Waals surface area contributed by atoms with Crippen LogP contribution in [0.2, 0.25) is 0 Å². The van der Waals surface area contributed by atoms with Gasteiger partial charge in [-0.15, -0.1) is 10.2 Å². The molecule has 0 bridgehead atoms. The van der Waals surface area contributed by atoms with Gasteiger partial charge in [-0.25, -0.2) is 0 Å². The zero-order chi connectivity index (χ0) is 31.3. The van der Waals surface area contributed by atoms with Crippen LogP contribution in [0, 0.1) is 0 Å². The minimum Gasteiger partial charge on any atom is -0.355 e. The van der Waals surface area contributed by atoms with E-state index < -0.39 is 11.8 Å². The minimum atomic E-state index is -0.555. The molecular weight excluding hydrogens is 601 g/mol. The zero-order valence-electron chi connectivity index (χ0n) is 24.5. The molecule has 0 fully saturated rings. The number of unbranched alkanes of at least 4 members (excludes halogenated alkanes) is 1. The number of thioether (sulfide) groups is 1. The highest BCUT2D eigenvalue weighted by molar-refractivity contribution is 8.14. The summed E-state index contributed by atoms with van der Waals surface area (Å²) >= 11 is 2.79. The number of hydrogen-bond donors (Lipinski definition) is 5. The Morgan fingerprint density at radius 1 is 0.795 bits per heavy atom. The Hall–Kier alpha value is -4.30. The molecule has 1 aliphatic heterocycles. The molecule has 44 heavy (non-hydrogen) atoms. The van der Waals surface area contributed by atoms with E-state index in [1.165, 1.54) is 36.9 Å². The Morgan fingerprint density at radius 3 is 1.95 bits per heavy atom. The Balaban J connectivity index is 1.19. The van der Waals surface area contributed by atoms with Crippen molar-refractivity contribution in [2.75, 3.05) is 18.4 Å². The fourth-order valence-electron chi connectivity index (χ4n) is 4.46. The fourth-order valence-corrected chi connectivity index (χ4v) is 6.17. The second-order valence-electron chi connectivity index (χ2n) is 10.1. The third kappa shape index (κ3) is 10.2. The molecule has 3 unspecified atom stereocenters. The first-order valence-electron chi connectivity index (χ1n) is 14.3. The first kappa shape index (κ1) is 32.6. The summed E-state index contributed by atoms with van der Waals surface area (Å²) in [6, 6.07) is 18.6. The summed E-state index contributed by atoms with van der Waals surface area (Å²) in [5.74, 6) is -1.93. The minimum absolute atomic E-state index is 0.183. The van der Waals surface area contributed by atoms with Gasteiger partial charge in [0.1, 0.15) is 5.01 Å². The molecule has 4 rings (SSSR count). The van der Waals surface area contributed by atoms with Gasteiger partial charge in [0.2, 0.25) is 28.8 Å². The van der Waals surface area contributed by atoms with Crippen LogP contribution in [0.1, 0.15) is 61.1 Å². The summed E-state index contributed by atoms with van der Waals surface area (Å²) < 4.78 is 0. The van der Waals surface area contributed by atoms with Crippen molar-refractivity contribution >= 4 is 56.9 Å². The average molecular weight is 637 g/mol.